The van der Waals surface area contributed by atoms with E-state index in [0.29, 0.717) is 18.8 Å². The van der Waals surface area contributed by atoms with Crippen molar-refractivity contribution in [3.63, 3.8) is 0 Å². The minimum Gasteiger partial charge on any atom is -0.492 e. The van der Waals surface area contributed by atoms with Gasteiger partial charge >= 0.3 is 0 Å². The van der Waals surface area contributed by atoms with E-state index in [1.165, 1.54) is 0 Å². The summed E-state index contributed by atoms with van der Waals surface area (Å²) >= 11 is 0. The molecule has 0 aliphatic carbocycles. The monoisotopic (exact) mass is 338 g/mol. The second-order valence-corrected chi connectivity index (χ2v) is 5.84. The molecule has 2 aromatic rings. The first-order valence-electron chi connectivity index (χ1n) is 8.45. The molecule has 1 aliphatic heterocycles. The lowest BCUT2D eigenvalue weighted by Gasteiger charge is -2.26. The fourth-order valence-corrected chi connectivity index (χ4v) is 2.67. The highest BCUT2D eigenvalue weighted by Crippen LogP contribution is 2.15. The fourth-order valence-electron chi connectivity index (χ4n) is 2.67. The molecular formula is C19H22N4O2. The Morgan fingerprint density at radius 3 is 2.96 bits per heavy atom. The third-order valence-electron chi connectivity index (χ3n) is 4.05. The zero-order chi connectivity index (χ0) is 17.3. The van der Waals surface area contributed by atoms with Crippen LogP contribution >= 0.6 is 0 Å². The van der Waals surface area contributed by atoms with Gasteiger partial charge < -0.3 is 14.8 Å². The standard InChI is InChI=1S/C19H22N4O2/c20-14-18-13-17(4-5-21-18)22-15-16-2-1-3-19(12-16)25-11-8-23-6-9-24-10-7-23/h1-5,12-13H,6-11,15H2,(H,21,22). The highest BCUT2D eigenvalue weighted by atomic mass is 16.5. The maximum absolute atomic E-state index is 8.89. The third-order valence-corrected chi connectivity index (χ3v) is 4.05. The van der Waals surface area contributed by atoms with Crippen molar-refractivity contribution < 1.29 is 9.47 Å². The third kappa shape index (κ3) is 5.45. The van der Waals surface area contributed by atoms with E-state index in [4.69, 9.17) is 14.7 Å². The fraction of sp³-hybridized carbons (Fsp3) is 0.368. The Bertz CT molecular complexity index is 723. The van der Waals surface area contributed by atoms with Crippen molar-refractivity contribution >= 4 is 5.69 Å². The molecule has 0 radical (unpaired) electrons. The molecule has 0 spiro atoms. The van der Waals surface area contributed by atoms with Crippen molar-refractivity contribution in [2.75, 3.05) is 44.8 Å². The van der Waals surface area contributed by atoms with Crippen LogP contribution in [0.3, 0.4) is 0 Å². The van der Waals surface area contributed by atoms with Crippen LogP contribution in [0.4, 0.5) is 5.69 Å². The van der Waals surface area contributed by atoms with Gasteiger partial charge in [0.25, 0.3) is 0 Å². The van der Waals surface area contributed by atoms with E-state index in [1.807, 2.05) is 36.4 Å². The normalized spacial score (nSPS) is 14.7. The molecule has 25 heavy (non-hydrogen) atoms. The molecule has 6 heteroatoms. The van der Waals surface area contributed by atoms with Gasteiger partial charge in [-0.05, 0) is 29.8 Å². The Hall–Kier alpha value is -2.62. The molecule has 3 rings (SSSR count). The number of anilines is 1. The van der Waals surface area contributed by atoms with Crippen LogP contribution in [0.5, 0.6) is 5.75 Å². The summed E-state index contributed by atoms with van der Waals surface area (Å²) < 4.78 is 11.2. The summed E-state index contributed by atoms with van der Waals surface area (Å²) in [5.74, 6) is 0.875. The molecule has 0 amide bonds. The van der Waals surface area contributed by atoms with Crippen LogP contribution in [0.15, 0.2) is 42.6 Å². The molecular weight excluding hydrogens is 316 g/mol. The van der Waals surface area contributed by atoms with Gasteiger partial charge in [0.15, 0.2) is 0 Å². The van der Waals surface area contributed by atoms with Gasteiger partial charge in [-0.15, -0.1) is 0 Å². The molecule has 0 unspecified atom stereocenters. The summed E-state index contributed by atoms with van der Waals surface area (Å²) in [7, 11) is 0. The molecule has 2 heterocycles. The number of pyridine rings is 1. The summed E-state index contributed by atoms with van der Waals surface area (Å²) in [6.07, 6.45) is 1.63. The largest absolute Gasteiger partial charge is 0.492 e. The zero-order valence-electron chi connectivity index (χ0n) is 14.1. The molecule has 1 aromatic carbocycles. The predicted molar refractivity (Wildman–Crippen MR) is 95.5 cm³/mol. The maximum Gasteiger partial charge on any atom is 0.142 e. The molecule has 6 nitrogen and oxygen atoms in total. The summed E-state index contributed by atoms with van der Waals surface area (Å²) in [6, 6.07) is 13.7. The quantitative estimate of drug-likeness (QED) is 0.835. The molecule has 0 bridgehead atoms. The topological polar surface area (TPSA) is 70.4 Å². The number of nitriles is 1. The van der Waals surface area contributed by atoms with E-state index < -0.39 is 0 Å². The van der Waals surface area contributed by atoms with Gasteiger partial charge in [-0.3, -0.25) is 4.90 Å². The predicted octanol–water partition coefficient (Wildman–Crippen LogP) is 2.28. The van der Waals surface area contributed by atoms with Gasteiger partial charge in [0, 0.05) is 38.1 Å². The average molecular weight is 338 g/mol. The van der Waals surface area contributed by atoms with Crippen LogP contribution in [0.1, 0.15) is 11.3 Å². The van der Waals surface area contributed by atoms with Gasteiger partial charge in [-0.25, -0.2) is 4.98 Å². The number of ether oxygens (including phenoxy) is 2. The van der Waals surface area contributed by atoms with Crippen LogP contribution in [0.25, 0.3) is 0 Å². The average Bonchev–Trinajstić information content (AvgIpc) is 2.68. The van der Waals surface area contributed by atoms with E-state index in [2.05, 4.69) is 15.2 Å². The van der Waals surface area contributed by atoms with Gasteiger partial charge in [0.1, 0.15) is 24.1 Å². The maximum atomic E-state index is 8.89. The highest BCUT2D eigenvalue weighted by Gasteiger charge is 2.09. The lowest BCUT2D eigenvalue weighted by atomic mass is 10.2. The first kappa shape index (κ1) is 17.2. The van der Waals surface area contributed by atoms with Crippen molar-refractivity contribution in [3.05, 3.63) is 53.9 Å². The Kier molecular flexibility index (Phi) is 6.21. The molecule has 1 aromatic heterocycles. The number of morpholine rings is 1. The number of nitrogens with zero attached hydrogens (tertiary/aromatic N) is 3. The highest BCUT2D eigenvalue weighted by molar-refractivity contribution is 5.46. The smallest absolute Gasteiger partial charge is 0.142 e. The van der Waals surface area contributed by atoms with Crippen molar-refractivity contribution in [3.8, 4) is 11.8 Å². The van der Waals surface area contributed by atoms with Crippen LogP contribution in [0.2, 0.25) is 0 Å². The van der Waals surface area contributed by atoms with Gasteiger partial charge in [-0.1, -0.05) is 12.1 Å². The van der Waals surface area contributed by atoms with E-state index in [0.717, 1.165) is 49.8 Å². The number of nitrogens with one attached hydrogen (secondary N) is 1. The van der Waals surface area contributed by atoms with Crippen molar-refractivity contribution in [1.82, 2.24) is 9.88 Å². The van der Waals surface area contributed by atoms with Crippen molar-refractivity contribution in [2.24, 2.45) is 0 Å². The Balaban J connectivity index is 1.48. The molecule has 130 valence electrons. The number of benzene rings is 1. The Morgan fingerprint density at radius 2 is 2.12 bits per heavy atom. The van der Waals surface area contributed by atoms with Crippen LogP contribution in [0, 0.1) is 11.3 Å². The summed E-state index contributed by atoms with van der Waals surface area (Å²) in [5, 5.41) is 12.2. The SMILES string of the molecule is N#Cc1cc(NCc2cccc(OCCN3CCOCC3)c2)ccn1. The Morgan fingerprint density at radius 1 is 1.24 bits per heavy atom. The van der Waals surface area contributed by atoms with E-state index in [9.17, 15) is 0 Å². The number of hydrogen-bond donors (Lipinski definition) is 1. The van der Waals surface area contributed by atoms with Gasteiger partial charge in [0.05, 0.1) is 13.2 Å². The van der Waals surface area contributed by atoms with Crippen LogP contribution in [-0.4, -0.2) is 49.3 Å². The molecule has 1 aliphatic rings. The second-order valence-electron chi connectivity index (χ2n) is 5.84. The van der Waals surface area contributed by atoms with E-state index in [1.54, 1.807) is 12.3 Å². The number of aromatic nitrogens is 1. The van der Waals surface area contributed by atoms with Crippen molar-refractivity contribution in [2.45, 2.75) is 6.54 Å². The molecule has 1 saturated heterocycles. The lowest BCUT2D eigenvalue weighted by Crippen LogP contribution is -2.38. The number of hydrogen-bond acceptors (Lipinski definition) is 6. The van der Waals surface area contributed by atoms with Crippen molar-refractivity contribution in [1.29, 1.82) is 5.26 Å². The summed E-state index contributed by atoms with van der Waals surface area (Å²) in [4.78, 5) is 6.32. The molecule has 0 atom stereocenters. The van der Waals surface area contributed by atoms with E-state index >= 15 is 0 Å². The molecule has 0 saturated carbocycles. The second kappa shape index (κ2) is 9.02. The summed E-state index contributed by atoms with van der Waals surface area (Å²) in [6.45, 7) is 5.82. The number of rotatable bonds is 7. The molecule has 1 N–H and O–H groups in total. The van der Waals surface area contributed by atoms with Gasteiger partial charge in [0.2, 0.25) is 0 Å². The van der Waals surface area contributed by atoms with Crippen LogP contribution in [-0.2, 0) is 11.3 Å². The van der Waals surface area contributed by atoms with Gasteiger partial charge in [-0.2, -0.15) is 5.26 Å². The van der Waals surface area contributed by atoms with E-state index in [-0.39, 0.29) is 0 Å². The minimum atomic E-state index is 0.408. The first-order chi connectivity index (χ1) is 12.3. The Labute approximate surface area is 148 Å². The van der Waals surface area contributed by atoms with Crippen LogP contribution < -0.4 is 10.1 Å². The summed E-state index contributed by atoms with van der Waals surface area (Å²) in [5.41, 5.74) is 2.41. The minimum absolute atomic E-state index is 0.408. The zero-order valence-corrected chi connectivity index (χ0v) is 14.1. The lowest BCUT2D eigenvalue weighted by molar-refractivity contribution is 0.0322. The molecule has 1 fully saturated rings. The first-order valence-corrected chi connectivity index (χ1v) is 8.45.